The molecule has 0 saturated carbocycles. The van der Waals surface area contributed by atoms with Crippen LogP contribution in [-0.2, 0) is 16.0 Å². The molecule has 0 aromatic heterocycles. The molecule has 134 valence electrons. The van der Waals surface area contributed by atoms with Crippen LogP contribution in [0, 0.1) is 10.1 Å². The van der Waals surface area contributed by atoms with Gasteiger partial charge in [0.05, 0.1) is 11.3 Å². The number of non-ortho nitro benzene ring substituents is 1. The third kappa shape index (κ3) is 4.07. The van der Waals surface area contributed by atoms with Crippen molar-refractivity contribution >= 4 is 17.5 Å². The molecular formula is C17H15N3O6. The molecule has 2 N–H and O–H groups in total. The first-order valence-electron chi connectivity index (χ1n) is 7.73. The number of carbonyl (C=O) groups excluding carboxylic acids is 2. The standard InChI is InChI=1S/C17H15N3O6/c21-16(9-11-5-7-12(8-6-11)20(23)24)18-19-17(22)15-10-25-13-3-1-2-4-14(13)26-15/h1-8,15H,9-10H2,(H,18,21)(H,19,22). The summed E-state index contributed by atoms with van der Waals surface area (Å²) >= 11 is 0. The molecule has 0 fully saturated rings. The Morgan fingerprint density at radius 1 is 1.08 bits per heavy atom. The monoisotopic (exact) mass is 357 g/mol. The number of nitrogens with zero attached hydrogens (tertiary/aromatic N) is 1. The van der Waals surface area contributed by atoms with Crippen molar-refractivity contribution in [2.24, 2.45) is 0 Å². The van der Waals surface area contributed by atoms with E-state index in [2.05, 4.69) is 10.9 Å². The molecule has 1 unspecified atom stereocenters. The second kappa shape index (κ2) is 7.51. The smallest absolute Gasteiger partial charge is 0.283 e. The van der Waals surface area contributed by atoms with Gasteiger partial charge in [0.25, 0.3) is 11.6 Å². The molecule has 2 amide bonds. The van der Waals surface area contributed by atoms with Gasteiger partial charge in [-0.25, -0.2) is 0 Å². The number of hydrogen-bond donors (Lipinski definition) is 2. The van der Waals surface area contributed by atoms with Crippen LogP contribution in [0.2, 0.25) is 0 Å². The third-order valence-corrected chi connectivity index (χ3v) is 3.64. The fourth-order valence-electron chi connectivity index (χ4n) is 2.33. The maximum Gasteiger partial charge on any atom is 0.283 e. The van der Waals surface area contributed by atoms with Crippen LogP contribution in [0.15, 0.2) is 48.5 Å². The molecule has 0 bridgehead atoms. The van der Waals surface area contributed by atoms with Crippen molar-refractivity contribution in [1.82, 2.24) is 10.9 Å². The number of rotatable bonds is 4. The highest BCUT2D eigenvalue weighted by Crippen LogP contribution is 2.30. The predicted octanol–water partition coefficient (Wildman–Crippen LogP) is 1.12. The topological polar surface area (TPSA) is 120 Å². The van der Waals surface area contributed by atoms with Gasteiger partial charge in [0.1, 0.15) is 6.61 Å². The van der Waals surface area contributed by atoms with Crippen LogP contribution in [0.5, 0.6) is 11.5 Å². The largest absolute Gasteiger partial charge is 0.485 e. The average Bonchev–Trinajstić information content (AvgIpc) is 2.66. The molecule has 1 atom stereocenters. The Kier molecular flexibility index (Phi) is 4.97. The van der Waals surface area contributed by atoms with Crippen LogP contribution in [0.3, 0.4) is 0 Å². The summed E-state index contributed by atoms with van der Waals surface area (Å²) in [4.78, 5) is 34.0. The lowest BCUT2D eigenvalue weighted by Crippen LogP contribution is -2.51. The Labute approximate surface area is 148 Å². The Hall–Kier alpha value is -3.62. The van der Waals surface area contributed by atoms with Crippen molar-refractivity contribution in [3.63, 3.8) is 0 Å². The minimum atomic E-state index is -0.885. The van der Waals surface area contributed by atoms with E-state index in [1.807, 2.05) is 0 Å². The molecule has 2 aromatic carbocycles. The molecule has 3 rings (SSSR count). The summed E-state index contributed by atoms with van der Waals surface area (Å²) in [5, 5.41) is 10.6. The summed E-state index contributed by atoms with van der Waals surface area (Å²) in [7, 11) is 0. The first-order valence-corrected chi connectivity index (χ1v) is 7.73. The second-order valence-electron chi connectivity index (χ2n) is 5.50. The molecule has 26 heavy (non-hydrogen) atoms. The highest BCUT2D eigenvalue weighted by atomic mass is 16.6. The quantitative estimate of drug-likeness (QED) is 0.625. The van der Waals surface area contributed by atoms with Gasteiger partial charge < -0.3 is 9.47 Å². The SMILES string of the molecule is O=C(Cc1ccc([N+](=O)[O-])cc1)NNC(=O)C1COc2ccccc2O1. The number of amides is 2. The second-order valence-corrected chi connectivity index (χ2v) is 5.50. The minimum Gasteiger partial charge on any atom is -0.485 e. The van der Waals surface area contributed by atoms with Gasteiger partial charge >= 0.3 is 0 Å². The zero-order valence-corrected chi connectivity index (χ0v) is 13.5. The molecule has 0 spiro atoms. The fourth-order valence-corrected chi connectivity index (χ4v) is 2.33. The van der Waals surface area contributed by atoms with Gasteiger partial charge in [0.2, 0.25) is 12.0 Å². The predicted molar refractivity (Wildman–Crippen MR) is 89.4 cm³/mol. The van der Waals surface area contributed by atoms with Crippen molar-refractivity contribution in [3.8, 4) is 11.5 Å². The highest BCUT2D eigenvalue weighted by molar-refractivity contribution is 5.86. The van der Waals surface area contributed by atoms with E-state index in [1.54, 1.807) is 24.3 Å². The Morgan fingerprint density at radius 3 is 2.46 bits per heavy atom. The van der Waals surface area contributed by atoms with Gasteiger partial charge in [-0.3, -0.25) is 30.6 Å². The fraction of sp³-hybridized carbons (Fsp3) is 0.176. The van der Waals surface area contributed by atoms with Crippen LogP contribution in [0.25, 0.3) is 0 Å². The van der Waals surface area contributed by atoms with Gasteiger partial charge in [0, 0.05) is 12.1 Å². The van der Waals surface area contributed by atoms with Crippen LogP contribution >= 0.6 is 0 Å². The first kappa shape index (κ1) is 17.2. The van der Waals surface area contributed by atoms with Crippen molar-refractivity contribution in [1.29, 1.82) is 0 Å². The van der Waals surface area contributed by atoms with E-state index in [-0.39, 0.29) is 18.7 Å². The average molecular weight is 357 g/mol. The summed E-state index contributed by atoms with van der Waals surface area (Å²) in [6, 6.07) is 12.5. The summed E-state index contributed by atoms with van der Waals surface area (Å²) < 4.78 is 11.0. The Balaban J connectivity index is 1.48. The first-order chi connectivity index (χ1) is 12.5. The zero-order chi connectivity index (χ0) is 18.5. The van der Waals surface area contributed by atoms with Crippen LogP contribution in [0.4, 0.5) is 5.69 Å². The molecule has 0 aliphatic carbocycles. The molecule has 0 saturated heterocycles. The molecule has 1 aliphatic rings. The number of hydrazine groups is 1. The maximum absolute atomic E-state index is 12.1. The van der Waals surface area contributed by atoms with E-state index in [4.69, 9.17) is 9.47 Å². The van der Waals surface area contributed by atoms with E-state index in [9.17, 15) is 19.7 Å². The van der Waals surface area contributed by atoms with E-state index in [0.29, 0.717) is 17.1 Å². The lowest BCUT2D eigenvalue weighted by molar-refractivity contribution is -0.384. The molecule has 1 aliphatic heterocycles. The van der Waals surface area contributed by atoms with Gasteiger partial charge in [-0.2, -0.15) is 0 Å². The number of benzene rings is 2. The summed E-state index contributed by atoms with van der Waals surface area (Å²) in [5.41, 5.74) is 5.08. The van der Waals surface area contributed by atoms with E-state index < -0.39 is 22.8 Å². The number of nitro groups is 1. The highest BCUT2D eigenvalue weighted by Gasteiger charge is 2.27. The summed E-state index contributed by atoms with van der Waals surface area (Å²) in [6.07, 6.45) is -0.923. The lowest BCUT2D eigenvalue weighted by atomic mass is 10.1. The minimum absolute atomic E-state index is 0.0288. The number of carbonyl (C=O) groups is 2. The van der Waals surface area contributed by atoms with Crippen LogP contribution in [-0.4, -0.2) is 29.4 Å². The Bertz CT molecular complexity index is 837. The van der Waals surface area contributed by atoms with Gasteiger partial charge in [-0.05, 0) is 17.7 Å². The number of para-hydroxylation sites is 2. The van der Waals surface area contributed by atoms with E-state index in [1.165, 1.54) is 24.3 Å². The van der Waals surface area contributed by atoms with Crippen molar-refractivity contribution in [2.75, 3.05) is 6.61 Å². The van der Waals surface area contributed by atoms with Gasteiger partial charge in [0.15, 0.2) is 11.5 Å². The van der Waals surface area contributed by atoms with Crippen LogP contribution < -0.4 is 20.3 Å². The molecule has 0 radical (unpaired) electrons. The number of ether oxygens (including phenoxy) is 2. The number of nitrogens with one attached hydrogen (secondary N) is 2. The number of nitro benzene ring substituents is 1. The summed E-state index contributed by atoms with van der Waals surface area (Å²) in [6.45, 7) is 0.0288. The lowest BCUT2D eigenvalue weighted by Gasteiger charge is -2.25. The number of fused-ring (bicyclic) bond motifs is 1. The maximum atomic E-state index is 12.1. The molecular weight excluding hydrogens is 342 g/mol. The van der Waals surface area contributed by atoms with Gasteiger partial charge in [-0.1, -0.05) is 24.3 Å². The normalized spacial score (nSPS) is 15.0. The molecule has 9 nitrogen and oxygen atoms in total. The zero-order valence-electron chi connectivity index (χ0n) is 13.5. The van der Waals surface area contributed by atoms with Gasteiger partial charge in [-0.15, -0.1) is 0 Å². The third-order valence-electron chi connectivity index (χ3n) is 3.64. The van der Waals surface area contributed by atoms with E-state index in [0.717, 1.165) is 0 Å². The van der Waals surface area contributed by atoms with Crippen LogP contribution in [0.1, 0.15) is 5.56 Å². The number of hydrogen-bond acceptors (Lipinski definition) is 6. The molecule has 9 heteroatoms. The van der Waals surface area contributed by atoms with Crippen molar-refractivity contribution in [2.45, 2.75) is 12.5 Å². The van der Waals surface area contributed by atoms with Crippen molar-refractivity contribution < 1.29 is 24.0 Å². The molecule has 2 aromatic rings. The molecule has 1 heterocycles. The Morgan fingerprint density at radius 2 is 1.77 bits per heavy atom. The summed E-state index contributed by atoms with van der Waals surface area (Å²) in [5.74, 6) is -0.00394. The van der Waals surface area contributed by atoms with E-state index >= 15 is 0 Å². The van der Waals surface area contributed by atoms with Crippen molar-refractivity contribution in [3.05, 3.63) is 64.2 Å².